The van der Waals surface area contributed by atoms with Gasteiger partial charge in [-0.2, -0.15) is 0 Å². The molecule has 10 heteroatoms. The number of benzene rings is 2. The number of anilines is 2. The van der Waals surface area contributed by atoms with Crippen LogP contribution >= 0.6 is 0 Å². The van der Waals surface area contributed by atoms with Gasteiger partial charge in [0.05, 0.1) is 5.56 Å². The summed E-state index contributed by atoms with van der Waals surface area (Å²) in [4.78, 5) is 36.1. The van der Waals surface area contributed by atoms with E-state index in [1.807, 2.05) is 35.2 Å². The van der Waals surface area contributed by atoms with Gasteiger partial charge in [-0.05, 0) is 29.1 Å². The minimum atomic E-state index is 0.0454. The van der Waals surface area contributed by atoms with Crippen molar-refractivity contribution in [3.8, 4) is 11.5 Å². The van der Waals surface area contributed by atoms with Gasteiger partial charge >= 0.3 is 0 Å². The van der Waals surface area contributed by atoms with Crippen molar-refractivity contribution in [2.24, 2.45) is 0 Å². The molecule has 3 aliphatic rings. The molecule has 3 aliphatic heterocycles. The van der Waals surface area contributed by atoms with Crippen LogP contribution in [0.25, 0.3) is 10.8 Å². The van der Waals surface area contributed by atoms with E-state index in [4.69, 9.17) is 14.5 Å². The molecule has 40 heavy (non-hydrogen) atoms. The van der Waals surface area contributed by atoms with E-state index >= 15 is 0 Å². The molecule has 0 N–H and O–H groups in total. The molecule has 10 nitrogen and oxygen atoms in total. The summed E-state index contributed by atoms with van der Waals surface area (Å²) in [7, 11) is 0. The predicted molar refractivity (Wildman–Crippen MR) is 152 cm³/mol. The van der Waals surface area contributed by atoms with Crippen LogP contribution in [-0.4, -0.2) is 89.8 Å². The number of carbonyl (C=O) groups is 1. The second-order valence-electron chi connectivity index (χ2n) is 10.3. The minimum absolute atomic E-state index is 0.0454. The van der Waals surface area contributed by atoms with E-state index in [1.165, 1.54) is 5.56 Å². The summed E-state index contributed by atoms with van der Waals surface area (Å²) in [6.07, 6.45) is 5.32. The van der Waals surface area contributed by atoms with E-state index in [1.54, 1.807) is 18.6 Å². The third-order valence-corrected chi connectivity index (χ3v) is 7.92. The Morgan fingerprint density at radius 3 is 2.27 bits per heavy atom. The molecule has 2 aromatic carbocycles. The Balaban J connectivity index is 1.02. The molecular formula is C30H31N7O3. The van der Waals surface area contributed by atoms with Gasteiger partial charge in [0.2, 0.25) is 12.7 Å². The Kier molecular flexibility index (Phi) is 6.52. The van der Waals surface area contributed by atoms with Gasteiger partial charge in [-0.15, -0.1) is 0 Å². The summed E-state index contributed by atoms with van der Waals surface area (Å²) in [5, 5.41) is 1.97. The number of piperazine rings is 2. The van der Waals surface area contributed by atoms with E-state index in [2.05, 4.69) is 42.9 Å². The molecule has 2 fully saturated rings. The van der Waals surface area contributed by atoms with Crippen LogP contribution < -0.4 is 19.3 Å². The van der Waals surface area contributed by atoms with Crippen LogP contribution in [0.1, 0.15) is 15.9 Å². The van der Waals surface area contributed by atoms with Crippen molar-refractivity contribution in [2.45, 2.75) is 6.54 Å². The maximum atomic E-state index is 13.7. The number of hydrogen-bond acceptors (Lipinski definition) is 9. The second-order valence-corrected chi connectivity index (χ2v) is 10.3. The highest BCUT2D eigenvalue weighted by Crippen LogP contribution is 2.33. The zero-order valence-corrected chi connectivity index (χ0v) is 22.3. The van der Waals surface area contributed by atoms with Crippen molar-refractivity contribution in [1.82, 2.24) is 24.8 Å². The number of pyridine rings is 1. The minimum Gasteiger partial charge on any atom is -0.454 e. The van der Waals surface area contributed by atoms with Gasteiger partial charge in [-0.1, -0.05) is 30.3 Å². The fourth-order valence-corrected chi connectivity index (χ4v) is 5.75. The highest BCUT2D eigenvalue weighted by Gasteiger charge is 2.27. The Labute approximate surface area is 232 Å². The lowest BCUT2D eigenvalue weighted by Crippen LogP contribution is -2.48. The summed E-state index contributed by atoms with van der Waals surface area (Å²) < 4.78 is 10.9. The highest BCUT2D eigenvalue weighted by molar-refractivity contribution is 6.09. The number of rotatable bonds is 5. The molecule has 5 heterocycles. The molecule has 2 aromatic heterocycles. The quantitative estimate of drug-likeness (QED) is 0.381. The molecule has 204 valence electrons. The molecule has 0 unspecified atom stereocenters. The standard InChI is InChI=1S/C30H31N7O3/c38-29(36-12-10-34(11-13-36)20-22-6-7-26-27(18-22)40-21-39-26)25-19-33-28(24-5-2-1-4-23(24)25)35-14-16-37(17-15-35)30-31-8-3-9-32-30/h1-9,18-19H,10-17,20-21H2. The van der Waals surface area contributed by atoms with Gasteiger partial charge in [0, 0.05) is 82.9 Å². The van der Waals surface area contributed by atoms with Crippen molar-refractivity contribution in [1.29, 1.82) is 0 Å². The van der Waals surface area contributed by atoms with Crippen molar-refractivity contribution in [2.75, 3.05) is 69.0 Å². The first-order chi connectivity index (χ1) is 19.7. The fourth-order valence-electron chi connectivity index (χ4n) is 5.75. The van der Waals surface area contributed by atoms with Crippen LogP contribution in [-0.2, 0) is 6.54 Å². The number of carbonyl (C=O) groups excluding carboxylic acids is 1. The summed E-state index contributed by atoms with van der Waals surface area (Å²) in [6.45, 7) is 7.37. The number of fused-ring (bicyclic) bond motifs is 2. The van der Waals surface area contributed by atoms with Crippen LogP contribution in [0.4, 0.5) is 11.8 Å². The maximum absolute atomic E-state index is 13.7. The molecule has 0 radical (unpaired) electrons. The van der Waals surface area contributed by atoms with Crippen molar-refractivity contribution >= 4 is 28.4 Å². The SMILES string of the molecule is O=C(c1cnc(N2CCN(c3ncccn3)CC2)c2ccccc12)N1CCN(Cc2ccc3c(c2)OCO3)CC1. The number of nitrogens with zero attached hydrogens (tertiary/aromatic N) is 7. The molecule has 1 amide bonds. The molecule has 0 aliphatic carbocycles. The summed E-state index contributed by atoms with van der Waals surface area (Å²) in [5.41, 5.74) is 1.85. The van der Waals surface area contributed by atoms with Gasteiger partial charge in [0.15, 0.2) is 11.5 Å². The first kappa shape index (κ1) is 24.6. The summed E-state index contributed by atoms with van der Waals surface area (Å²) >= 11 is 0. The zero-order valence-electron chi connectivity index (χ0n) is 22.3. The second kappa shape index (κ2) is 10.6. The van der Waals surface area contributed by atoms with Gasteiger partial charge in [0.25, 0.3) is 5.91 Å². The largest absolute Gasteiger partial charge is 0.454 e. The Hall–Kier alpha value is -4.44. The first-order valence-electron chi connectivity index (χ1n) is 13.8. The van der Waals surface area contributed by atoms with Crippen LogP contribution in [0.5, 0.6) is 11.5 Å². The highest BCUT2D eigenvalue weighted by atomic mass is 16.7. The Bertz CT molecular complexity index is 1520. The van der Waals surface area contributed by atoms with Crippen molar-refractivity contribution in [3.05, 3.63) is 78.2 Å². The number of hydrogen-bond donors (Lipinski definition) is 0. The molecule has 0 bridgehead atoms. The van der Waals surface area contributed by atoms with Crippen LogP contribution in [0.2, 0.25) is 0 Å². The lowest BCUT2D eigenvalue weighted by atomic mass is 10.0. The lowest BCUT2D eigenvalue weighted by Gasteiger charge is -2.36. The van der Waals surface area contributed by atoms with E-state index < -0.39 is 0 Å². The monoisotopic (exact) mass is 537 g/mol. The van der Waals surface area contributed by atoms with Crippen molar-refractivity contribution in [3.63, 3.8) is 0 Å². The van der Waals surface area contributed by atoms with E-state index in [-0.39, 0.29) is 12.7 Å². The Morgan fingerprint density at radius 2 is 1.48 bits per heavy atom. The van der Waals surface area contributed by atoms with Gasteiger partial charge in [0.1, 0.15) is 5.82 Å². The average Bonchev–Trinajstić information content (AvgIpc) is 3.49. The zero-order chi connectivity index (χ0) is 26.9. The average molecular weight is 538 g/mol. The molecular weight excluding hydrogens is 506 g/mol. The predicted octanol–water partition coefficient (Wildman–Crippen LogP) is 3.04. The normalized spacial score (nSPS) is 17.4. The Morgan fingerprint density at radius 1 is 0.750 bits per heavy atom. The summed E-state index contributed by atoms with van der Waals surface area (Å²) in [6, 6.07) is 16.1. The number of ether oxygens (including phenoxy) is 2. The molecule has 0 saturated carbocycles. The molecule has 2 saturated heterocycles. The lowest BCUT2D eigenvalue weighted by molar-refractivity contribution is 0.0630. The third-order valence-electron chi connectivity index (χ3n) is 7.92. The number of amides is 1. The summed E-state index contributed by atoms with van der Waals surface area (Å²) in [5.74, 6) is 3.34. The third kappa shape index (κ3) is 4.75. The van der Waals surface area contributed by atoms with Crippen LogP contribution in [0, 0.1) is 0 Å². The first-order valence-corrected chi connectivity index (χ1v) is 13.8. The molecule has 0 spiro atoms. The van der Waals surface area contributed by atoms with Crippen LogP contribution in [0.3, 0.4) is 0 Å². The molecule has 7 rings (SSSR count). The molecule has 0 atom stereocenters. The van der Waals surface area contributed by atoms with E-state index in [9.17, 15) is 4.79 Å². The van der Waals surface area contributed by atoms with E-state index in [0.29, 0.717) is 18.7 Å². The number of aromatic nitrogens is 3. The maximum Gasteiger partial charge on any atom is 0.256 e. The van der Waals surface area contributed by atoms with Gasteiger partial charge < -0.3 is 24.2 Å². The van der Waals surface area contributed by atoms with Crippen molar-refractivity contribution < 1.29 is 14.3 Å². The van der Waals surface area contributed by atoms with Gasteiger partial charge in [-0.3, -0.25) is 9.69 Å². The smallest absolute Gasteiger partial charge is 0.256 e. The van der Waals surface area contributed by atoms with E-state index in [0.717, 1.165) is 79.9 Å². The van der Waals surface area contributed by atoms with Crippen LogP contribution in [0.15, 0.2) is 67.1 Å². The topological polar surface area (TPSA) is 87.2 Å². The molecule has 4 aromatic rings. The fraction of sp³-hybridized carbons (Fsp3) is 0.333. The van der Waals surface area contributed by atoms with Gasteiger partial charge in [-0.25, -0.2) is 15.0 Å².